The third-order valence-electron chi connectivity index (χ3n) is 7.42. The van der Waals surface area contributed by atoms with Crippen LogP contribution in [0.15, 0.2) is 49.6 Å². The van der Waals surface area contributed by atoms with Crippen LogP contribution in [0.5, 0.6) is 0 Å². The molecule has 2 aromatic carbocycles. The Morgan fingerprint density at radius 2 is 2.00 bits per heavy atom. The van der Waals surface area contributed by atoms with Crippen LogP contribution in [0, 0.1) is 6.92 Å². The molecule has 0 unspecified atom stereocenters. The normalized spacial score (nSPS) is 17.1. The Labute approximate surface area is 196 Å². The summed E-state index contributed by atoms with van der Waals surface area (Å²) < 4.78 is 5.95. The summed E-state index contributed by atoms with van der Waals surface area (Å²) >= 11 is 0. The number of nitrogens with one attached hydrogen (secondary N) is 1. The van der Waals surface area contributed by atoms with Crippen molar-refractivity contribution < 1.29 is 4.42 Å². The predicted molar refractivity (Wildman–Crippen MR) is 136 cm³/mol. The molecule has 7 rings (SSSR count). The summed E-state index contributed by atoms with van der Waals surface area (Å²) in [6, 6.07) is 10.4. The van der Waals surface area contributed by atoms with Gasteiger partial charge in [0.2, 0.25) is 0 Å². The van der Waals surface area contributed by atoms with Crippen molar-refractivity contribution in [1.29, 1.82) is 0 Å². The number of hydrogen-bond donors (Lipinski definition) is 1. The lowest BCUT2D eigenvalue weighted by molar-refractivity contribution is 0.444. The van der Waals surface area contributed by atoms with Gasteiger partial charge in [-0.05, 0) is 55.9 Å². The highest BCUT2D eigenvalue weighted by Gasteiger charge is 2.28. The summed E-state index contributed by atoms with van der Waals surface area (Å²) in [5.41, 5.74) is 8.77. The van der Waals surface area contributed by atoms with Gasteiger partial charge in [-0.15, -0.1) is 0 Å². The molecule has 0 atom stereocenters. The predicted octanol–water partition coefficient (Wildman–Crippen LogP) is 4.79. The minimum absolute atomic E-state index is 0.335. The van der Waals surface area contributed by atoms with E-state index in [0.717, 1.165) is 71.2 Å². The number of fused-ring (bicyclic) bond motifs is 5. The number of aromatic amines is 1. The first-order valence-corrected chi connectivity index (χ1v) is 12.0. The number of H-pyrrole nitrogens is 1. The van der Waals surface area contributed by atoms with Gasteiger partial charge in [0.15, 0.2) is 0 Å². The monoisotopic (exact) mass is 451 g/mol. The molecule has 0 bridgehead atoms. The number of benzene rings is 2. The van der Waals surface area contributed by atoms with Crippen LogP contribution in [-0.4, -0.2) is 35.6 Å². The van der Waals surface area contributed by atoms with E-state index >= 15 is 0 Å². The molecule has 3 aliphatic heterocycles. The van der Waals surface area contributed by atoms with E-state index in [-0.39, 0.29) is 5.63 Å². The molecule has 7 nitrogen and oxygen atoms in total. The van der Waals surface area contributed by atoms with Crippen molar-refractivity contribution in [3.63, 3.8) is 0 Å². The number of aryl methyl sites for hydroxylation is 3. The van der Waals surface area contributed by atoms with Crippen LogP contribution >= 0.6 is 0 Å². The smallest absolute Gasteiger partial charge is 0.345 e. The van der Waals surface area contributed by atoms with Gasteiger partial charge in [0.25, 0.3) is 0 Å². The number of nitrogens with zero attached hydrogens (tertiary/aromatic N) is 4. The Kier molecular flexibility index (Phi) is 4.21. The topological polar surface area (TPSA) is 77.2 Å². The summed E-state index contributed by atoms with van der Waals surface area (Å²) in [4.78, 5) is 23.5. The van der Waals surface area contributed by atoms with Gasteiger partial charge >= 0.3 is 5.63 Å². The van der Waals surface area contributed by atoms with Gasteiger partial charge in [0, 0.05) is 40.6 Å². The van der Waals surface area contributed by atoms with Gasteiger partial charge in [-0.1, -0.05) is 18.2 Å². The maximum atomic E-state index is 13.0. The summed E-state index contributed by atoms with van der Waals surface area (Å²) in [7, 11) is 0. The molecule has 0 aliphatic carbocycles. The lowest BCUT2D eigenvalue weighted by Gasteiger charge is -2.37. The molecule has 2 aromatic heterocycles. The lowest BCUT2D eigenvalue weighted by atomic mass is 9.89. The second kappa shape index (κ2) is 7.32. The minimum atomic E-state index is -0.335. The Morgan fingerprint density at radius 3 is 2.91 bits per heavy atom. The molecule has 0 spiro atoms. The lowest BCUT2D eigenvalue weighted by Crippen LogP contribution is -2.34. The van der Waals surface area contributed by atoms with Crippen LogP contribution in [0.25, 0.3) is 21.9 Å². The average Bonchev–Trinajstić information content (AvgIpc) is 3.23. The van der Waals surface area contributed by atoms with Gasteiger partial charge in [0.1, 0.15) is 11.9 Å². The Hall–Kier alpha value is -3.87. The molecule has 0 saturated heterocycles. The molecule has 7 heteroatoms. The number of aromatic nitrogens is 1. The van der Waals surface area contributed by atoms with Crippen LogP contribution in [0.4, 0.5) is 11.4 Å². The zero-order valence-corrected chi connectivity index (χ0v) is 19.1. The molecule has 4 aromatic rings. The molecular formula is C27H25N5O2. The van der Waals surface area contributed by atoms with Crippen LogP contribution < -0.4 is 10.5 Å². The van der Waals surface area contributed by atoms with Crippen molar-refractivity contribution in [3.05, 3.63) is 68.7 Å². The standard InChI is InChI=1S/C27H25N5O2/c1-16-20-12-17-6-4-10-31-11-5-8-19(25(17)31)26(20)34-27(33)21(16)13-29-32-14-23-24(28-15-32)18-7-2-3-9-22(18)30-23/h2-3,7,9,12-13,15,30H,4-6,8,10-11,14H2,1H3/b29-13+. The molecule has 34 heavy (non-hydrogen) atoms. The van der Waals surface area contributed by atoms with Crippen LogP contribution in [0.2, 0.25) is 0 Å². The van der Waals surface area contributed by atoms with E-state index in [0.29, 0.717) is 12.1 Å². The third-order valence-corrected chi connectivity index (χ3v) is 7.42. The number of anilines is 1. The Morgan fingerprint density at radius 1 is 1.15 bits per heavy atom. The number of hydrogen-bond acceptors (Lipinski definition) is 6. The summed E-state index contributed by atoms with van der Waals surface area (Å²) in [6.07, 6.45) is 7.65. The molecule has 3 aliphatic rings. The average molecular weight is 452 g/mol. The summed E-state index contributed by atoms with van der Waals surface area (Å²) in [6.45, 7) is 4.75. The van der Waals surface area contributed by atoms with Crippen molar-refractivity contribution in [3.8, 4) is 0 Å². The molecule has 170 valence electrons. The first kappa shape index (κ1) is 19.6. The van der Waals surface area contributed by atoms with Crippen LogP contribution in [0.3, 0.4) is 0 Å². The molecule has 5 heterocycles. The maximum absolute atomic E-state index is 13.0. The largest absolute Gasteiger partial charge is 0.422 e. The van der Waals surface area contributed by atoms with Crippen molar-refractivity contribution >= 4 is 45.8 Å². The van der Waals surface area contributed by atoms with Crippen molar-refractivity contribution in [1.82, 2.24) is 9.99 Å². The van der Waals surface area contributed by atoms with Crippen molar-refractivity contribution in [2.75, 3.05) is 18.0 Å². The number of para-hydroxylation sites is 1. The number of hydrazone groups is 1. The van der Waals surface area contributed by atoms with Crippen molar-refractivity contribution in [2.24, 2.45) is 10.1 Å². The number of aliphatic imine (C=N–C) groups is 1. The van der Waals surface area contributed by atoms with Gasteiger partial charge < -0.3 is 14.3 Å². The first-order valence-electron chi connectivity index (χ1n) is 12.0. The number of rotatable bonds is 2. The minimum Gasteiger partial charge on any atom is -0.422 e. The highest BCUT2D eigenvalue weighted by molar-refractivity contribution is 5.96. The zero-order chi connectivity index (χ0) is 22.8. The Balaban J connectivity index is 1.27. The molecule has 0 saturated carbocycles. The highest BCUT2D eigenvalue weighted by atomic mass is 16.4. The quantitative estimate of drug-likeness (QED) is 0.351. The van der Waals surface area contributed by atoms with Gasteiger partial charge in [-0.2, -0.15) is 5.10 Å². The second-order valence-electron chi connectivity index (χ2n) is 9.45. The van der Waals surface area contributed by atoms with Crippen molar-refractivity contribution in [2.45, 2.75) is 39.2 Å². The highest BCUT2D eigenvalue weighted by Crippen LogP contribution is 2.40. The maximum Gasteiger partial charge on any atom is 0.345 e. The fraction of sp³-hybridized carbons (Fsp3) is 0.296. The van der Waals surface area contributed by atoms with Gasteiger partial charge in [-0.3, -0.25) is 0 Å². The van der Waals surface area contributed by atoms with E-state index in [4.69, 9.17) is 4.42 Å². The van der Waals surface area contributed by atoms with Crippen LogP contribution in [0.1, 0.15) is 40.8 Å². The van der Waals surface area contributed by atoms with E-state index in [2.05, 4.69) is 32.1 Å². The van der Waals surface area contributed by atoms with E-state index < -0.39 is 0 Å². The summed E-state index contributed by atoms with van der Waals surface area (Å²) in [5, 5.41) is 8.46. The van der Waals surface area contributed by atoms with E-state index in [1.165, 1.54) is 23.2 Å². The van der Waals surface area contributed by atoms with Gasteiger partial charge in [-0.25, -0.2) is 14.8 Å². The Bertz CT molecular complexity index is 1590. The molecule has 0 amide bonds. The second-order valence-corrected chi connectivity index (χ2v) is 9.45. The van der Waals surface area contributed by atoms with E-state index in [1.54, 1.807) is 17.6 Å². The SMILES string of the molecule is Cc1c(/C=N/N2C=Nc3c([nH]c4ccccc34)C2)c(=O)oc2c3c4c(cc12)CCCN4CCC3. The molecule has 0 fully saturated rings. The first-order chi connectivity index (χ1) is 16.7. The van der Waals surface area contributed by atoms with E-state index in [1.807, 2.05) is 25.1 Å². The fourth-order valence-electron chi connectivity index (χ4n) is 5.80. The molecule has 1 N–H and O–H groups in total. The molecule has 0 radical (unpaired) electrons. The fourth-order valence-corrected chi connectivity index (χ4v) is 5.80. The molecular weight excluding hydrogens is 426 g/mol. The van der Waals surface area contributed by atoms with Crippen LogP contribution in [-0.2, 0) is 19.4 Å². The summed E-state index contributed by atoms with van der Waals surface area (Å²) in [5.74, 6) is 0. The van der Waals surface area contributed by atoms with Gasteiger partial charge in [0.05, 0.1) is 29.7 Å². The third kappa shape index (κ3) is 2.86. The zero-order valence-electron chi connectivity index (χ0n) is 19.1. The van der Waals surface area contributed by atoms with E-state index in [9.17, 15) is 4.79 Å².